The molecule has 86 heavy (non-hydrogen) atoms. The van der Waals surface area contributed by atoms with Crippen molar-refractivity contribution in [2.45, 2.75) is 0 Å². The topological polar surface area (TPSA) is 162 Å². The smallest absolute Gasteiger partial charge is 0.119 e. The van der Waals surface area contributed by atoms with Crippen LogP contribution in [0.15, 0.2) is 182 Å². The van der Waals surface area contributed by atoms with Gasteiger partial charge in [0.2, 0.25) is 0 Å². The summed E-state index contributed by atoms with van der Waals surface area (Å²) in [5, 5.41) is 4.18. The molecule has 16 nitrogen and oxygen atoms in total. The van der Waals surface area contributed by atoms with Crippen molar-refractivity contribution in [2.75, 3.05) is 132 Å². The van der Waals surface area contributed by atoms with Crippen molar-refractivity contribution in [3.63, 3.8) is 0 Å². The van der Waals surface area contributed by atoms with E-state index in [0.717, 1.165) is 112 Å². The second kappa shape index (κ2) is 31.6. The van der Waals surface area contributed by atoms with E-state index in [1.807, 2.05) is 133 Å². The number of fused-ring (bicyclic) bond motifs is 4. The van der Waals surface area contributed by atoms with E-state index < -0.39 is 0 Å². The van der Waals surface area contributed by atoms with Crippen molar-refractivity contribution < 1.29 is 56.8 Å². The molecule has 16 rings (SSSR count). The lowest BCUT2D eigenvalue weighted by Crippen LogP contribution is -2.14. The molecule has 10 heterocycles. The summed E-state index contributed by atoms with van der Waals surface area (Å²) in [5.74, 6) is 3.14. The average molecular weight is 1160 g/mol. The summed E-state index contributed by atoms with van der Waals surface area (Å²) in [6, 6.07) is 56.8. The Balaban J connectivity index is 0.000000179. The highest BCUT2D eigenvalue weighted by atomic mass is 16.6. The molecule has 0 saturated heterocycles. The predicted molar refractivity (Wildman–Crippen MR) is 334 cm³/mol. The summed E-state index contributed by atoms with van der Waals surface area (Å²) in [5.41, 5.74) is 11.0. The first kappa shape index (κ1) is 59.3. The molecule has 0 unspecified atom stereocenters. The molecule has 442 valence electrons. The van der Waals surface area contributed by atoms with Crippen molar-refractivity contribution in [3.05, 3.63) is 182 Å². The molecule has 10 aromatic rings. The highest BCUT2D eigenvalue weighted by Gasteiger charge is 2.13. The molecule has 0 N–H and O–H groups in total. The molecule has 6 aromatic carbocycles. The highest BCUT2D eigenvalue weighted by Crippen LogP contribution is 2.32. The quantitative estimate of drug-likeness (QED) is 0.104. The Morgan fingerprint density at radius 2 is 0.395 bits per heavy atom. The lowest BCUT2D eigenvalue weighted by atomic mass is 10.1. The number of ether oxygens (including phenoxy) is 12. The number of nitrogens with zero attached hydrogens (tertiary/aromatic N) is 4. The molecular weight excluding hydrogens is 1090 g/mol. The Hall–Kier alpha value is -8.42. The second-order valence-electron chi connectivity index (χ2n) is 20.0. The van der Waals surface area contributed by atoms with Crippen molar-refractivity contribution in [1.29, 1.82) is 0 Å². The minimum atomic E-state index is 0.463. The SMILES string of the molecule is C1=C/COCCOCCOc2ccc(cc2)-c2ccc3ccc4ccc(nc4c3n2)-c2ccc(cc2)OCCOCCOC/1.c1cc2ccc1OCCOCCOCCOCCOCCOc1ccc(cc1)-c1ccc3ccc4ccc-2nc4c3n1. The van der Waals surface area contributed by atoms with Crippen LogP contribution in [0.2, 0.25) is 0 Å². The Kier molecular flexibility index (Phi) is 21.8. The first-order valence-corrected chi connectivity index (χ1v) is 29.3. The zero-order valence-corrected chi connectivity index (χ0v) is 48.2. The second-order valence-corrected chi connectivity index (χ2v) is 20.0. The lowest BCUT2D eigenvalue weighted by Gasteiger charge is -2.11. The molecule has 6 aliphatic rings. The fraction of sp³-hybridized carbons (Fsp3) is 0.286. The van der Waals surface area contributed by atoms with E-state index in [-0.39, 0.29) is 0 Å². The third-order valence-corrected chi connectivity index (χ3v) is 14.1. The molecule has 0 radical (unpaired) electrons. The van der Waals surface area contributed by atoms with Gasteiger partial charge < -0.3 is 56.8 Å². The molecular formula is C70H70N4O12. The van der Waals surface area contributed by atoms with E-state index in [4.69, 9.17) is 76.8 Å². The summed E-state index contributed by atoms with van der Waals surface area (Å²) in [6.07, 6.45) is 3.88. The molecule has 0 fully saturated rings. The van der Waals surface area contributed by atoms with Gasteiger partial charge in [0.15, 0.2) is 0 Å². The molecule has 0 atom stereocenters. The van der Waals surface area contributed by atoms with Gasteiger partial charge in [-0.25, -0.2) is 19.9 Å². The minimum absolute atomic E-state index is 0.463. The van der Waals surface area contributed by atoms with Gasteiger partial charge in [-0.15, -0.1) is 0 Å². The van der Waals surface area contributed by atoms with Gasteiger partial charge in [-0.1, -0.05) is 60.7 Å². The molecule has 16 heteroatoms. The van der Waals surface area contributed by atoms with E-state index in [0.29, 0.717) is 132 Å². The van der Waals surface area contributed by atoms with E-state index in [2.05, 4.69) is 48.5 Å². The molecule has 16 bridgehead atoms. The van der Waals surface area contributed by atoms with Crippen LogP contribution in [0.4, 0.5) is 0 Å². The van der Waals surface area contributed by atoms with E-state index in [1.165, 1.54) is 0 Å². The van der Waals surface area contributed by atoms with E-state index in [1.54, 1.807) is 0 Å². The zero-order chi connectivity index (χ0) is 58.2. The van der Waals surface area contributed by atoms with Gasteiger partial charge in [0.1, 0.15) is 49.4 Å². The zero-order valence-electron chi connectivity index (χ0n) is 48.2. The molecule has 0 aliphatic carbocycles. The van der Waals surface area contributed by atoms with Crippen LogP contribution in [-0.2, 0) is 37.9 Å². The van der Waals surface area contributed by atoms with Gasteiger partial charge in [-0.2, -0.15) is 0 Å². The van der Waals surface area contributed by atoms with Gasteiger partial charge in [0, 0.05) is 43.8 Å². The van der Waals surface area contributed by atoms with Crippen LogP contribution in [0, 0.1) is 0 Å². The number of benzene rings is 6. The average Bonchev–Trinajstić information content (AvgIpc) is 1.41. The normalized spacial score (nSPS) is 16.5. The Labute approximate surface area is 500 Å². The van der Waals surface area contributed by atoms with Crippen LogP contribution in [0.5, 0.6) is 23.0 Å². The maximum atomic E-state index is 5.86. The largest absolute Gasteiger partial charge is 0.491 e. The fourth-order valence-corrected chi connectivity index (χ4v) is 9.58. The van der Waals surface area contributed by atoms with Crippen molar-refractivity contribution in [2.24, 2.45) is 0 Å². The van der Waals surface area contributed by atoms with Gasteiger partial charge >= 0.3 is 0 Å². The predicted octanol–water partition coefficient (Wildman–Crippen LogP) is 12.5. The maximum Gasteiger partial charge on any atom is 0.119 e. The number of hydrogen-bond acceptors (Lipinski definition) is 16. The van der Waals surface area contributed by atoms with Crippen LogP contribution in [0.25, 0.3) is 88.6 Å². The first-order valence-electron chi connectivity index (χ1n) is 29.3. The monoisotopic (exact) mass is 1160 g/mol. The van der Waals surface area contributed by atoms with Crippen LogP contribution in [-0.4, -0.2) is 152 Å². The summed E-state index contributed by atoms with van der Waals surface area (Å²) in [4.78, 5) is 20.2. The van der Waals surface area contributed by atoms with Crippen molar-refractivity contribution in [1.82, 2.24) is 19.9 Å². The van der Waals surface area contributed by atoms with Gasteiger partial charge in [-0.05, 0) is 121 Å². The molecule has 0 saturated carbocycles. The maximum absolute atomic E-state index is 5.86. The Morgan fingerprint density at radius 1 is 0.198 bits per heavy atom. The molecule has 0 spiro atoms. The van der Waals surface area contributed by atoms with E-state index in [9.17, 15) is 0 Å². The number of aromatic nitrogens is 4. The molecule has 6 aliphatic heterocycles. The van der Waals surface area contributed by atoms with E-state index >= 15 is 0 Å². The van der Waals surface area contributed by atoms with Gasteiger partial charge in [-0.3, -0.25) is 0 Å². The fourth-order valence-electron chi connectivity index (χ4n) is 9.58. The first-order chi connectivity index (χ1) is 42.7. The van der Waals surface area contributed by atoms with Crippen LogP contribution in [0.3, 0.4) is 0 Å². The highest BCUT2D eigenvalue weighted by molar-refractivity contribution is 6.05. The summed E-state index contributed by atoms with van der Waals surface area (Å²) in [7, 11) is 0. The number of pyridine rings is 4. The van der Waals surface area contributed by atoms with Crippen LogP contribution >= 0.6 is 0 Å². The Bertz CT molecular complexity index is 3510. The summed E-state index contributed by atoms with van der Waals surface area (Å²) in [6.45, 7) is 9.96. The number of hydrogen-bond donors (Lipinski definition) is 0. The number of rotatable bonds is 0. The Morgan fingerprint density at radius 3 is 0.628 bits per heavy atom. The van der Waals surface area contributed by atoms with Gasteiger partial charge in [0.05, 0.1) is 151 Å². The summed E-state index contributed by atoms with van der Waals surface area (Å²) < 4.78 is 68.1. The minimum Gasteiger partial charge on any atom is -0.491 e. The van der Waals surface area contributed by atoms with Crippen molar-refractivity contribution >= 4 is 43.6 Å². The molecule has 4 aromatic heterocycles. The third kappa shape index (κ3) is 16.9. The molecule has 0 amide bonds. The van der Waals surface area contributed by atoms with Gasteiger partial charge in [0.25, 0.3) is 0 Å². The standard InChI is InChI=1S/C36H36N2O6.C34H34N2O6/c1-2-18-40-20-22-42-24-26-44-32-13-7-28(8-14-32)34-16-10-30-4-3-29-9-15-33(37-35(29)36(30)38-34)27-5-11-31(12-6-27)43-25-23-41-21-19-39-17-1;1-2-28-8-14-32-26-5-11-30(12-6-26)42-24-22-40-20-18-38-16-15-37-17-19-39-21-23-41-29-9-3-25(4-10-29)31-13-7-27(1)33(35-31)34(28)36-32/h1-16H,17-26H2;1-14H,15-24H2/b2-1+;. The van der Waals surface area contributed by atoms with Crippen molar-refractivity contribution in [3.8, 4) is 68.0 Å². The van der Waals surface area contributed by atoms with Crippen LogP contribution < -0.4 is 18.9 Å². The lowest BCUT2D eigenvalue weighted by molar-refractivity contribution is -0.00698. The summed E-state index contributed by atoms with van der Waals surface area (Å²) >= 11 is 0. The van der Waals surface area contributed by atoms with Crippen LogP contribution in [0.1, 0.15) is 0 Å². The third-order valence-electron chi connectivity index (χ3n) is 14.1.